The first-order valence-electron chi connectivity index (χ1n) is 7.48. The standard InChI is InChI=1S/C18H19ClN2O3S/c1-21(2)13-6-4-12(5-7-13)20-17(22)11-24-18(23)15-10-14(25-3)8-9-16(15)19/h4-10H,11H2,1-3H3,(H,20,22). The highest BCUT2D eigenvalue weighted by atomic mass is 35.5. The van der Waals surface area contributed by atoms with Crippen molar-refractivity contribution in [3.63, 3.8) is 0 Å². The Morgan fingerprint density at radius 1 is 1.16 bits per heavy atom. The summed E-state index contributed by atoms with van der Waals surface area (Å²) in [5.74, 6) is -1.04. The number of anilines is 2. The summed E-state index contributed by atoms with van der Waals surface area (Å²) < 4.78 is 5.05. The molecule has 132 valence electrons. The van der Waals surface area contributed by atoms with Crippen LogP contribution in [0.3, 0.4) is 0 Å². The summed E-state index contributed by atoms with van der Waals surface area (Å²) in [5, 5.41) is 2.97. The van der Waals surface area contributed by atoms with E-state index in [1.807, 2.05) is 43.5 Å². The highest BCUT2D eigenvalue weighted by Crippen LogP contribution is 2.23. The van der Waals surface area contributed by atoms with Crippen molar-refractivity contribution >= 4 is 46.6 Å². The Kier molecular flexibility index (Phi) is 6.73. The Balaban J connectivity index is 1.92. The van der Waals surface area contributed by atoms with Crippen molar-refractivity contribution in [1.29, 1.82) is 0 Å². The van der Waals surface area contributed by atoms with Gasteiger partial charge >= 0.3 is 5.97 Å². The fourth-order valence-corrected chi connectivity index (χ4v) is 2.67. The number of hydrogen-bond acceptors (Lipinski definition) is 5. The van der Waals surface area contributed by atoms with Gasteiger partial charge in [0.1, 0.15) is 0 Å². The molecule has 0 saturated carbocycles. The molecule has 0 unspecified atom stereocenters. The largest absolute Gasteiger partial charge is 0.452 e. The number of hydrogen-bond donors (Lipinski definition) is 1. The molecule has 0 aliphatic heterocycles. The number of ether oxygens (including phenoxy) is 1. The molecule has 0 fully saturated rings. The van der Waals surface area contributed by atoms with Crippen LogP contribution < -0.4 is 10.2 Å². The summed E-state index contributed by atoms with van der Waals surface area (Å²) in [6, 6.07) is 12.4. The molecule has 7 heteroatoms. The molecule has 1 amide bonds. The fraction of sp³-hybridized carbons (Fsp3) is 0.222. The number of thioether (sulfide) groups is 1. The Morgan fingerprint density at radius 3 is 2.44 bits per heavy atom. The van der Waals surface area contributed by atoms with Crippen LogP contribution in [0.2, 0.25) is 5.02 Å². The number of esters is 1. The van der Waals surface area contributed by atoms with Gasteiger partial charge < -0.3 is 15.0 Å². The third kappa shape index (κ3) is 5.41. The molecule has 0 bridgehead atoms. The number of halogens is 1. The summed E-state index contributed by atoms with van der Waals surface area (Å²) in [5.41, 5.74) is 1.90. The van der Waals surface area contributed by atoms with Gasteiger partial charge in [0.25, 0.3) is 5.91 Å². The van der Waals surface area contributed by atoms with E-state index >= 15 is 0 Å². The van der Waals surface area contributed by atoms with Gasteiger partial charge in [-0.2, -0.15) is 0 Å². The molecule has 0 spiro atoms. The van der Waals surface area contributed by atoms with E-state index in [2.05, 4.69) is 5.32 Å². The van der Waals surface area contributed by atoms with Crippen molar-refractivity contribution in [3.8, 4) is 0 Å². The molecule has 25 heavy (non-hydrogen) atoms. The molecule has 0 saturated heterocycles. The SMILES string of the molecule is CSc1ccc(Cl)c(C(=O)OCC(=O)Nc2ccc(N(C)C)cc2)c1. The zero-order valence-electron chi connectivity index (χ0n) is 14.2. The molecular formula is C18H19ClN2O3S. The molecule has 0 aromatic heterocycles. The number of amides is 1. The smallest absolute Gasteiger partial charge is 0.340 e. The van der Waals surface area contributed by atoms with E-state index in [1.54, 1.807) is 24.3 Å². The summed E-state index contributed by atoms with van der Waals surface area (Å²) in [6.07, 6.45) is 1.90. The van der Waals surface area contributed by atoms with E-state index in [4.69, 9.17) is 16.3 Å². The lowest BCUT2D eigenvalue weighted by molar-refractivity contribution is -0.119. The lowest BCUT2D eigenvalue weighted by Crippen LogP contribution is -2.21. The van der Waals surface area contributed by atoms with E-state index in [9.17, 15) is 9.59 Å². The molecule has 0 radical (unpaired) electrons. The lowest BCUT2D eigenvalue weighted by atomic mass is 10.2. The minimum atomic E-state index is -0.626. The van der Waals surface area contributed by atoms with Crippen molar-refractivity contribution < 1.29 is 14.3 Å². The second-order valence-corrected chi connectivity index (χ2v) is 6.70. The minimum absolute atomic E-state index is 0.247. The maximum Gasteiger partial charge on any atom is 0.340 e. The number of rotatable bonds is 6. The van der Waals surface area contributed by atoms with Crippen LogP contribution in [0.25, 0.3) is 0 Å². The number of nitrogens with one attached hydrogen (secondary N) is 1. The Morgan fingerprint density at radius 2 is 1.84 bits per heavy atom. The molecular weight excluding hydrogens is 360 g/mol. The van der Waals surface area contributed by atoms with Gasteiger partial charge in [-0.15, -0.1) is 11.8 Å². The predicted molar refractivity (Wildman–Crippen MR) is 103 cm³/mol. The van der Waals surface area contributed by atoms with Crippen LogP contribution in [0.4, 0.5) is 11.4 Å². The quantitative estimate of drug-likeness (QED) is 0.609. The summed E-state index contributed by atoms with van der Waals surface area (Å²) >= 11 is 7.51. The Hall–Kier alpha value is -2.18. The zero-order chi connectivity index (χ0) is 18.4. The van der Waals surface area contributed by atoms with Gasteiger partial charge in [-0.3, -0.25) is 4.79 Å². The van der Waals surface area contributed by atoms with Crippen LogP contribution in [0.5, 0.6) is 0 Å². The number of nitrogens with zero attached hydrogens (tertiary/aromatic N) is 1. The Labute approximate surface area is 156 Å². The number of benzene rings is 2. The highest BCUT2D eigenvalue weighted by Gasteiger charge is 2.14. The monoisotopic (exact) mass is 378 g/mol. The molecule has 5 nitrogen and oxygen atoms in total. The summed E-state index contributed by atoms with van der Waals surface area (Å²) in [7, 11) is 3.87. The van der Waals surface area contributed by atoms with Crippen molar-refractivity contribution in [2.75, 3.05) is 37.2 Å². The molecule has 0 atom stereocenters. The van der Waals surface area contributed by atoms with Gasteiger partial charge in [0.2, 0.25) is 0 Å². The van der Waals surface area contributed by atoms with Crippen LogP contribution in [-0.4, -0.2) is 38.8 Å². The Bertz CT molecular complexity index is 763. The van der Waals surface area contributed by atoms with Gasteiger partial charge in [-0.1, -0.05) is 11.6 Å². The first kappa shape index (κ1) is 19.1. The maximum absolute atomic E-state index is 12.1. The van der Waals surface area contributed by atoms with Gasteiger partial charge in [-0.05, 0) is 48.7 Å². The molecule has 0 aliphatic rings. The maximum atomic E-state index is 12.1. The van der Waals surface area contributed by atoms with Gasteiger partial charge in [0, 0.05) is 30.4 Å². The first-order valence-corrected chi connectivity index (χ1v) is 9.09. The van der Waals surface area contributed by atoms with Crippen LogP contribution in [-0.2, 0) is 9.53 Å². The third-order valence-corrected chi connectivity index (χ3v) is 4.45. The predicted octanol–water partition coefficient (Wildman–Crippen LogP) is 3.92. The van der Waals surface area contributed by atoms with Crippen molar-refractivity contribution in [3.05, 3.63) is 53.1 Å². The van der Waals surface area contributed by atoms with Crippen LogP contribution in [0, 0.1) is 0 Å². The van der Waals surface area contributed by atoms with E-state index in [0.717, 1.165) is 10.6 Å². The van der Waals surface area contributed by atoms with Gasteiger partial charge in [-0.25, -0.2) is 4.79 Å². The zero-order valence-corrected chi connectivity index (χ0v) is 15.8. The summed E-state index contributed by atoms with van der Waals surface area (Å²) in [4.78, 5) is 26.9. The van der Waals surface area contributed by atoms with E-state index in [1.165, 1.54) is 11.8 Å². The van der Waals surface area contributed by atoms with Gasteiger partial charge in [0.15, 0.2) is 6.61 Å². The van der Waals surface area contributed by atoms with Crippen molar-refractivity contribution in [2.45, 2.75) is 4.90 Å². The normalized spacial score (nSPS) is 10.2. The van der Waals surface area contributed by atoms with E-state index in [-0.39, 0.29) is 12.2 Å². The lowest BCUT2D eigenvalue weighted by Gasteiger charge is -2.13. The molecule has 1 N–H and O–H groups in total. The molecule has 0 aliphatic carbocycles. The van der Waals surface area contributed by atoms with Crippen LogP contribution in [0.15, 0.2) is 47.4 Å². The van der Waals surface area contributed by atoms with Crippen LogP contribution in [0.1, 0.15) is 10.4 Å². The van der Waals surface area contributed by atoms with Crippen molar-refractivity contribution in [1.82, 2.24) is 0 Å². The first-order chi connectivity index (χ1) is 11.9. The minimum Gasteiger partial charge on any atom is -0.452 e. The second-order valence-electron chi connectivity index (χ2n) is 5.41. The third-order valence-electron chi connectivity index (χ3n) is 3.40. The molecule has 2 aromatic carbocycles. The van der Waals surface area contributed by atoms with Crippen molar-refractivity contribution in [2.24, 2.45) is 0 Å². The van der Waals surface area contributed by atoms with E-state index < -0.39 is 11.9 Å². The number of carbonyl (C=O) groups is 2. The average Bonchev–Trinajstić information content (AvgIpc) is 2.60. The fourth-order valence-electron chi connectivity index (χ4n) is 2.04. The van der Waals surface area contributed by atoms with Crippen LogP contribution >= 0.6 is 23.4 Å². The average molecular weight is 379 g/mol. The molecule has 2 rings (SSSR count). The summed E-state index contributed by atoms with van der Waals surface area (Å²) in [6.45, 7) is -0.381. The highest BCUT2D eigenvalue weighted by molar-refractivity contribution is 7.98. The van der Waals surface area contributed by atoms with E-state index in [0.29, 0.717) is 10.7 Å². The molecule has 2 aromatic rings. The topological polar surface area (TPSA) is 58.6 Å². The number of carbonyl (C=O) groups excluding carboxylic acids is 2. The second kappa shape index (κ2) is 8.78. The van der Waals surface area contributed by atoms with Gasteiger partial charge in [0.05, 0.1) is 10.6 Å². The molecule has 0 heterocycles.